The van der Waals surface area contributed by atoms with Crippen molar-refractivity contribution in [2.45, 2.75) is 58.0 Å². The molecule has 0 aromatic rings. The fourth-order valence-corrected chi connectivity index (χ4v) is 3.17. The minimum absolute atomic E-state index is 0.734. The van der Waals surface area contributed by atoms with E-state index < -0.39 is 0 Å². The molecule has 2 atom stereocenters. The number of nitrogens with zero attached hydrogens (tertiary/aromatic N) is 1. The van der Waals surface area contributed by atoms with E-state index >= 15 is 0 Å². The monoisotopic (exact) mass is 254 g/mol. The van der Waals surface area contributed by atoms with Gasteiger partial charge < -0.3 is 15.0 Å². The molecule has 0 bridgehead atoms. The molecule has 1 N–H and O–H groups in total. The molecule has 3 nitrogen and oxygen atoms in total. The van der Waals surface area contributed by atoms with Gasteiger partial charge in [0.1, 0.15) is 0 Å². The van der Waals surface area contributed by atoms with E-state index in [1.54, 1.807) is 0 Å². The number of rotatable bonds is 7. The van der Waals surface area contributed by atoms with Crippen LogP contribution in [0.2, 0.25) is 0 Å². The van der Waals surface area contributed by atoms with E-state index in [2.05, 4.69) is 24.1 Å². The second-order valence-electron chi connectivity index (χ2n) is 6.30. The normalized spacial score (nSPS) is 28.8. The van der Waals surface area contributed by atoms with Crippen LogP contribution in [0.4, 0.5) is 0 Å². The molecule has 0 unspecified atom stereocenters. The number of nitrogens with one attached hydrogen (secondary N) is 1. The average molecular weight is 254 g/mol. The van der Waals surface area contributed by atoms with Crippen LogP contribution in [0.5, 0.6) is 0 Å². The van der Waals surface area contributed by atoms with Gasteiger partial charge in [-0.05, 0) is 51.1 Å². The van der Waals surface area contributed by atoms with E-state index in [-0.39, 0.29) is 0 Å². The number of hydrogen-bond donors (Lipinski definition) is 1. The topological polar surface area (TPSA) is 24.5 Å². The van der Waals surface area contributed by atoms with Crippen LogP contribution in [-0.4, -0.2) is 49.8 Å². The fourth-order valence-electron chi connectivity index (χ4n) is 3.17. The second kappa shape index (κ2) is 7.46. The molecule has 0 aromatic heterocycles. The van der Waals surface area contributed by atoms with Crippen LogP contribution in [0.1, 0.15) is 46.0 Å². The zero-order valence-corrected chi connectivity index (χ0v) is 12.2. The molecule has 0 saturated carbocycles. The van der Waals surface area contributed by atoms with Crippen LogP contribution in [0.3, 0.4) is 0 Å². The van der Waals surface area contributed by atoms with Gasteiger partial charge in [-0.15, -0.1) is 0 Å². The molecule has 2 saturated heterocycles. The summed E-state index contributed by atoms with van der Waals surface area (Å²) in [5.74, 6) is 0.754. The molecule has 2 rings (SSSR count). The highest BCUT2D eigenvalue weighted by Crippen LogP contribution is 2.26. The smallest absolute Gasteiger partial charge is 0.0591 e. The van der Waals surface area contributed by atoms with Gasteiger partial charge in [-0.2, -0.15) is 0 Å². The Morgan fingerprint density at radius 3 is 2.94 bits per heavy atom. The standard InChI is InChI=1S/C15H30N2O/c1-13(2)6-10-18-11-7-16-14-5-9-17-8-3-4-15(17)12-14/h13-16H,3-12H2,1-2H3/t14-,15+/m0/s1. The first-order valence-corrected chi connectivity index (χ1v) is 7.81. The van der Waals surface area contributed by atoms with E-state index in [0.717, 1.165) is 37.8 Å². The van der Waals surface area contributed by atoms with Crippen molar-refractivity contribution >= 4 is 0 Å². The molecule has 106 valence electrons. The van der Waals surface area contributed by atoms with E-state index in [4.69, 9.17) is 4.74 Å². The van der Waals surface area contributed by atoms with Crippen molar-refractivity contribution in [2.75, 3.05) is 32.8 Å². The predicted octanol–water partition coefficient (Wildman–Crippen LogP) is 2.27. The SMILES string of the molecule is CC(C)CCOCCN[C@H]1CCN2CCC[C@@H]2C1. The lowest BCUT2D eigenvalue weighted by Gasteiger charge is -2.35. The van der Waals surface area contributed by atoms with Crippen molar-refractivity contribution in [3.63, 3.8) is 0 Å². The highest BCUT2D eigenvalue weighted by atomic mass is 16.5. The molecule has 3 heteroatoms. The Bertz CT molecular complexity index is 233. The van der Waals surface area contributed by atoms with Gasteiger partial charge in [-0.25, -0.2) is 0 Å². The zero-order valence-electron chi connectivity index (χ0n) is 12.2. The van der Waals surface area contributed by atoms with Gasteiger partial charge in [0.15, 0.2) is 0 Å². The summed E-state index contributed by atoms with van der Waals surface area (Å²) in [5, 5.41) is 3.67. The van der Waals surface area contributed by atoms with Crippen molar-refractivity contribution in [2.24, 2.45) is 5.92 Å². The van der Waals surface area contributed by atoms with Crippen molar-refractivity contribution < 1.29 is 4.74 Å². The molecule has 0 aliphatic carbocycles. The van der Waals surface area contributed by atoms with E-state index in [9.17, 15) is 0 Å². The van der Waals surface area contributed by atoms with Crippen LogP contribution >= 0.6 is 0 Å². The van der Waals surface area contributed by atoms with Crippen molar-refractivity contribution in [3.05, 3.63) is 0 Å². The van der Waals surface area contributed by atoms with E-state index in [0.29, 0.717) is 0 Å². The van der Waals surface area contributed by atoms with Crippen LogP contribution < -0.4 is 5.32 Å². The maximum absolute atomic E-state index is 5.65. The summed E-state index contributed by atoms with van der Waals surface area (Å²) in [6, 6.07) is 1.61. The lowest BCUT2D eigenvalue weighted by atomic mass is 9.98. The highest BCUT2D eigenvalue weighted by molar-refractivity contribution is 4.89. The summed E-state index contributed by atoms with van der Waals surface area (Å²) in [6.45, 7) is 9.95. The molecule has 2 heterocycles. The molecule has 18 heavy (non-hydrogen) atoms. The summed E-state index contributed by atoms with van der Waals surface area (Å²) >= 11 is 0. The van der Waals surface area contributed by atoms with Crippen molar-refractivity contribution in [1.29, 1.82) is 0 Å². The van der Waals surface area contributed by atoms with Gasteiger partial charge >= 0.3 is 0 Å². The molecular weight excluding hydrogens is 224 g/mol. The van der Waals surface area contributed by atoms with E-state index in [1.165, 1.54) is 45.2 Å². The van der Waals surface area contributed by atoms with Gasteiger partial charge in [0, 0.05) is 25.2 Å². The number of piperidine rings is 1. The predicted molar refractivity (Wildman–Crippen MR) is 75.9 cm³/mol. The third kappa shape index (κ3) is 4.52. The van der Waals surface area contributed by atoms with Gasteiger partial charge in [-0.1, -0.05) is 13.8 Å². The molecule has 2 fully saturated rings. The third-order valence-electron chi connectivity index (χ3n) is 4.34. The van der Waals surface area contributed by atoms with Crippen LogP contribution in [0, 0.1) is 5.92 Å². The zero-order chi connectivity index (χ0) is 12.8. The average Bonchev–Trinajstić information content (AvgIpc) is 2.80. The van der Waals surface area contributed by atoms with Gasteiger partial charge in [-0.3, -0.25) is 0 Å². The lowest BCUT2D eigenvalue weighted by molar-refractivity contribution is 0.115. The Hall–Kier alpha value is -0.120. The molecule has 0 spiro atoms. The summed E-state index contributed by atoms with van der Waals surface area (Å²) in [6.07, 6.45) is 6.69. The van der Waals surface area contributed by atoms with Gasteiger partial charge in [0.05, 0.1) is 6.61 Å². The van der Waals surface area contributed by atoms with Crippen LogP contribution in [0.15, 0.2) is 0 Å². The minimum atomic E-state index is 0.734. The first-order chi connectivity index (χ1) is 8.75. The van der Waals surface area contributed by atoms with Crippen LogP contribution in [0.25, 0.3) is 0 Å². The molecule has 2 aliphatic rings. The number of fused-ring (bicyclic) bond motifs is 1. The van der Waals surface area contributed by atoms with Crippen molar-refractivity contribution in [1.82, 2.24) is 10.2 Å². The molecule has 0 amide bonds. The molecular formula is C15H30N2O. The maximum atomic E-state index is 5.65. The van der Waals surface area contributed by atoms with Crippen LogP contribution in [-0.2, 0) is 4.74 Å². The summed E-state index contributed by atoms with van der Waals surface area (Å²) in [7, 11) is 0. The lowest BCUT2D eigenvalue weighted by Crippen LogP contribution is -2.46. The molecule has 0 aromatic carbocycles. The molecule has 2 aliphatic heterocycles. The quantitative estimate of drug-likeness (QED) is 0.705. The summed E-state index contributed by atoms with van der Waals surface area (Å²) < 4.78 is 5.65. The summed E-state index contributed by atoms with van der Waals surface area (Å²) in [5.41, 5.74) is 0. The second-order valence-corrected chi connectivity index (χ2v) is 6.30. The number of ether oxygens (including phenoxy) is 1. The largest absolute Gasteiger partial charge is 0.380 e. The first-order valence-electron chi connectivity index (χ1n) is 7.81. The highest BCUT2D eigenvalue weighted by Gasteiger charge is 2.31. The van der Waals surface area contributed by atoms with Crippen molar-refractivity contribution in [3.8, 4) is 0 Å². The Labute approximate surface area is 112 Å². The Morgan fingerprint density at radius 1 is 1.22 bits per heavy atom. The maximum Gasteiger partial charge on any atom is 0.0591 e. The van der Waals surface area contributed by atoms with Gasteiger partial charge in [0.2, 0.25) is 0 Å². The molecule has 0 radical (unpaired) electrons. The number of hydrogen-bond acceptors (Lipinski definition) is 3. The Kier molecular flexibility index (Phi) is 5.93. The fraction of sp³-hybridized carbons (Fsp3) is 1.00. The Balaban J connectivity index is 1.49. The third-order valence-corrected chi connectivity index (χ3v) is 4.34. The summed E-state index contributed by atoms with van der Waals surface area (Å²) in [4.78, 5) is 2.68. The first kappa shape index (κ1) is 14.3. The minimum Gasteiger partial charge on any atom is -0.380 e. The Morgan fingerprint density at radius 2 is 2.11 bits per heavy atom. The van der Waals surface area contributed by atoms with Gasteiger partial charge in [0.25, 0.3) is 0 Å². The van der Waals surface area contributed by atoms with E-state index in [1.807, 2.05) is 0 Å².